The molecule has 0 aromatic rings. The first kappa shape index (κ1) is 34.7. The van der Waals surface area contributed by atoms with Crippen LogP contribution in [0.15, 0.2) is 24.3 Å². The van der Waals surface area contributed by atoms with E-state index in [1.807, 2.05) is 0 Å². The molecule has 0 aliphatic heterocycles. The Hall–Kier alpha value is -0.957. The van der Waals surface area contributed by atoms with E-state index in [0.717, 1.165) is 38.5 Å². The second kappa shape index (κ2) is 31.2. The minimum atomic E-state index is -0.915. The van der Waals surface area contributed by atoms with E-state index in [-0.39, 0.29) is 32.3 Å². The predicted octanol–water partition coefficient (Wildman–Crippen LogP) is 5.64. The number of carboxylic acids is 2. The van der Waals surface area contributed by atoms with Gasteiger partial charge < -0.3 is 19.8 Å². The first-order valence-electron chi connectivity index (χ1n) is 12.2. The second-order valence-corrected chi connectivity index (χ2v) is 7.91. The van der Waals surface area contributed by atoms with Gasteiger partial charge in [0, 0.05) is 11.9 Å². The molecule has 0 fully saturated rings. The Morgan fingerprint density at radius 1 is 0.516 bits per heavy atom. The van der Waals surface area contributed by atoms with Crippen LogP contribution in [0.1, 0.15) is 129 Å². The first-order chi connectivity index (χ1) is 14.5. The third kappa shape index (κ3) is 40.0. The maximum absolute atomic E-state index is 10.1. The molecule has 0 saturated carbocycles. The number of rotatable bonds is 20. The van der Waals surface area contributed by atoms with Gasteiger partial charge in [-0.2, -0.15) is 0 Å². The quantitative estimate of drug-likeness (QED) is 0.126. The number of carbonyl (C=O) groups excluding carboxylic acids is 2. The molecule has 0 aliphatic carbocycles. The SMILES string of the molecule is CC=CCCCCCCCCCC(=O)[O-].CC=CCCCCCCCCCC(=O)[O-].[Zn+2]. The Kier molecular flexibility index (Phi) is 34.9. The minimum absolute atomic E-state index is 0. The summed E-state index contributed by atoms with van der Waals surface area (Å²) in [5.74, 6) is -1.83. The zero-order valence-corrected chi connectivity index (χ0v) is 23.3. The molecule has 0 spiro atoms. The van der Waals surface area contributed by atoms with Gasteiger partial charge in [0.25, 0.3) is 0 Å². The van der Waals surface area contributed by atoms with Crippen LogP contribution in [0.5, 0.6) is 0 Å². The Morgan fingerprint density at radius 2 is 0.774 bits per heavy atom. The second-order valence-electron chi connectivity index (χ2n) is 7.91. The first-order valence-corrected chi connectivity index (χ1v) is 12.2. The van der Waals surface area contributed by atoms with Crippen molar-refractivity contribution in [2.45, 2.75) is 129 Å². The molecule has 5 heteroatoms. The summed E-state index contributed by atoms with van der Waals surface area (Å²) in [7, 11) is 0. The Balaban J connectivity index is -0.000000490. The molecular weight excluding hydrogens is 442 g/mol. The van der Waals surface area contributed by atoms with E-state index in [9.17, 15) is 19.8 Å². The number of hydrogen-bond acceptors (Lipinski definition) is 4. The van der Waals surface area contributed by atoms with Crippen LogP contribution in [0.4, 0.5) is 0 Å². The summed E-state index contributed by atoms with van der Waals surface area (Å²) >= 11 is 0. The summed E-state index contributed by atoms with van der Waals surface area (Å²) in [5, 5.41) is 20.2. The van der Waals surface area contributed by atoms with E-state index in [1.165, 1.54) is 64.2 Å². The average Bonchev–Trinajstić information content (AvgIpc) is 2.71. The van der Waals surface area contributed by atoms with Crippen molar-refractivity contribution in [3.63, 3.8) is 0 Å². The zero-order valence-electron chi connectivity index (χ0n) is 20.4. The van der Waals surface area contributed by atoms with Crippen LogP contribution in [0.3, 0.4) is 0 Å². The zero-order chi connectivity index (χ0) is 22.7. The monoisotopic (exact) mass is 486 g/mol. The van der Waals surface area contributed by atoms with Crippen LogP contribution in [0.2, 0.25) is 0 Å². The van der Waals surface area contributed by atoms with Gasteiger partial charge in [0.2, 0.25) is 0 Å². The number of carbonyl (C=O) groups is 2. The summed E-state index contributed by atoms with van der Waals surface area (Å²) in [6.45, 7) is 4.11. The Labute approximate surface area is 204 Å². The molecule has 0 heterocycles. The maximum atomic E-state index is 10.1. The predicted molar refractivity (Wildman–Crippen MR) is 123 cm³/mol. The fourth-order valence-electron chi connectivity index (χ4n) is 3.16. The molecule has 0 saturated heterocycles. The van der Waals surface area contributed by atoms with Crippen LogP contribution in [-0.4, -0.2) is 11.9 Å². The van der Waals surface area contributed by atoms with Crippen molar-refractivity contribution in [2.24, 2.45) is 0 Å². The normalized spacial score (nSPS) is 10.6. The van der Waals surface area contributed by atoms with Crippen LogP contribution in [-0.2, 0) is 29.1 Å². The summed E-state index contributed by atoms with van der Waals surface area (Å²) in [5.41, 5.74) is 0. The molecule has 0 rings (SSSR count). The van der Waals surface area contributed by atoms with Crippen LogP contribution in [0.25, 0.3) is 0 Å². The molecule has 0 aromatic carbocycles. The van der Waals surface area contributed by atoms with Crippen molar-refractivity contribution in [3.05, 3.63) is 24.3 Å². The van der Waals surface area contributed by atoms with Gasteiger partial charge in [0.15, 0.2) is 0 Å². The molecule has 0 radical (unpaired) electrons. The largest absolute Gasteiger partial charge is 2.00 e. The van der Waals surface area contributed by atoms with Crippen molar-refractivity contribution in [1.82, 2.24) is 0 Å². The summed E-state index contributed by atoms with van der Waals surface area (Å²) in [6, 6.07) is 0. The number of aliphatic carboxylic acids is 2. The number of hydrogen-bond donors (Lipinski definition) is 0. The Morgan fingerprint density at radius 3 is 1.03 bits per heavy atom. The van der Waals surface area contributed by atoms with Crippen molar-refractivity contribution >= 4 is 11.9 Å². The molecule has 0 aliphatic rings. The summed E-state index contributed by atoms with van der Waals surface area (Å²) in [4.78, 5) is 20.2. The maximum Gasteiger partial charge on any atom is 2.00 e. The molecule has 0 atom stereocenters. The van der Waals surface area contributed by atoms with E-state index in [1.54, 1.807) is 0 Å². The van der Waals surface area contributed by atoms with E-state index in [2.05, 4.69) is 38.2 Å². The Bertz CT molecular complexity index is 393. The molecule has 0 amide bonds. The molecule has 0 N–H and O–H groups in total. The fourth-order valence-corrected chi connectivity index (χ4v) is 3.16. The molecule has 0 aromatic heterocycles. The van der Waals surface area contributed by atoms with E-state index in [4.69, 9.17) is 0 Å². The number of carboxylic acid groups (broad SMARTS) is 2. The molecule has 0 unspecified atom stereocenters. The van der Waals surface area contributed by atoms with Gasteiger partial charge in [0.1, 0.15) is 0 Å². The number of unbranched alkanes of at least 4 members (excludes halogenated alkanes) is 14. The van der Waals surface area contributed by atoms with Gasteiger partial charge in [-0.15, -0.1) is 0 Å². The molecule has 176 valence electrons. The third-order valence-electron chi connectivity index (χ3n) is 4.97. The standard InChI is InChI=1S/2C13H24O2.Zn/c2*1-2-3-4-5-6-7-8-9-10-11-12-13(14)15;/h2*2-3H,4-12H2,1H3,(H,14,15);/q;;+2/p-2. The average molecular weight is 488 g/mol. The van der Waals surface area contributed by atoms with Gasteiger partial charge >= 0.3 is 19.5 Å². The molecule has 0 bridgehead atoms. The van der Waals surface area contributed by atoms with Gasteiger partial charge in [0.05, 0.1) is 0 Å². The van der Waals surface area contributed by atoms with Crippen LogP contribution < -0.4 is 10.2 Å². The summed E-state index contributed by atoms with van der Waals surface area (Å²) in [6.07, 6.45) is 27.6. The number of allylic oxidation sites excluding steroid dienone is 4. The van der Waals surface area contributed by atoms with Crippen LogP contribution in [0, 0.1) is 0 Å². The molecular formula is C26H46O4Zn. The van der Waals surface area contributed by atoms with E-state index >= 15 is 0 Å². The molecule has 4 nitrogen and oxygen atoms in total. The van der Waals surface area contributed by atoms with Crippen molar-refractivity contribution < 1.29 is 39.3 Å². The smallest absolute Gasteiger partial charge is 0.550 e. The van der Waals surface area contributed by atoms with Crippen LogP contribution >= 0.6 is 0 Å². The van der Waals surface area contributed by atoms with Crippen molar-refractivity contribution in [2.75, 3.05) is 0 Å². The topological polar surface area (TPSA) is 80.3 Å². The van der Waals surface area contributed by atoms with Gasteiger partial charge in [-0.05, 0) is 65.2 Å². The van der Waals surface area contributed by atoms with Gasteiger partial charge in [-0.3, -0.25) is 0 Å². The van der Waals surface area contributed by atoms with E-state index < -0.39 is 11.9 Å². The third-order valence-corrected chi connectivity index (χ3v) is 4.97. The van der Waals surface area contributed by atoms with Gasteiger partial charge in [-0.1, -0.05) is 88.5 Å². The van der Waals surface area contributed by atoms with Crippen molar-refractivity contribution in [1.29, 1.82) is 0 Å². The molecule has 31 heavy (non-hydrogen) atoms. The summed E-state index contributed by atoms with van der Waals surface area (Å²) < 4.78 is 0. The van der Waals surface area contributed by atoms with E-state index in [0.29, 0.717) is 0 Å². The minimum Gasteiger partial charge on any atom is -0.550 e. The van der Waals surface area contributed by atoms with Gasteiger partial charge in [-0.25, -0.2) is 0 Å². The fraction of sp³-hybridized carbons (Fsp3) is 0.769. The van der Waals surface area contributed by atoms with Crippen molar-refractivity contribution in [3.8, 4) is 0 Å².